The molecule has 1 aliphatic rings. The van der Waals surface area contributed by atoms with Gasteiger partial charge in [0.05, 0.1) is 17.0 Å². The van der Waals surface area contributed by atoms with E-state index in [9.17, 15) is 4.79 Å². The number of rotatable bonds is 9. The molecule has 0 unspecified atom stereocenters. The summed E-state index contributed by atoms with van der Waals surface area (Å²) in [6.45, 7) is 4.48. The molecule has 0 aromatic heterocycles. The van der Waals surface area contributed by atoms with Crippen molar-refractivity contribution in [3.63, 3.8) is 0 Å². The van der Waals surface area contributed by atoms with Crippen molar-refractivity contribution in [3.8, 4) is 0 Å². The number of methoxy groups -OCH3 is 2. The van der Waals surface area contributed by atoms with Gasteiger partial charge in [-0.1, -0.05) is 19.1 Å². The molecule has 1 saturated carbocycles. The van der Waals surface area contributed by atoms with E-state index in [0.717, 1.165) is 19.3 Å². The molecule has 6 heteroatoms. The standard InChI is InChI=1S/C14H26N2O3S/c1-11-9-14(10-11,12(15)20)13(17)16(6-8-19-3)5-4-7-18-2/h11H,4-10H2,1-3H3,(H2,15,20). The lowest BCUT2D eigenvalue weighted by atomic mass is 9.61. The van der Waals surface area contributed by atoms with E-state index in [1.54, 1.807) is 14.2 Å². The van der Waals surface area contributed by atoms with Gasteiger partial charge in [0.15, 0.2) is 0 Å². The van der Waals surface area contributed by atoms with Crippen molar-refractivity contribution in [2.24, 2.45) is 17.1 Å². The highest BCUT2D eigenvalue weighted by atomic mass is 32.1. The largest absolute Gasteiger partial charge is 0.392 e. The number of hydrogen-bond acceptors (Lipinski definition) is 4. The summed E-state index contributed by atoms with van der Waals surface area (Å²) in [6.07, 6.45) is 2.32. The van der Waals surface area contributed by atoms with Crippen LogP contribution in [0.15, 0.2) is 0 Å². The first-order chi connectivity index (χ1) is 9.47. The Balaban J connectivity index is 2.71. The number of ether oxygens (including phenoxy) is 2. The summed E-state index contributed by atoms with van der Waals surface area (Å²) in [6, 6.07) is 0. The van der Waals surface area contributed by atoms with Gasteiger partial charge < -0.3 is 20.1 Å². The summed E-state index contributed by atoms with van der Waals surface area (Å²) < 4.78 is 10.1. The summed E-state index contributed by atoms with van der Waals surface area (Å²) in [5.41, 5.74) is 5.22. The average Bonchev–Trinajstić information content (AvgIpc) is 2.37. The molecule has 1 aliphatic carbocycles. The zero-order valence-electron chi connectivity index (χ0n) is 12.7. The minimum Gasteiger partial charge on any atom is -0.392 e. The molecule has 0 saturated heterocycles. The van der Waals surface area contributed by atoms with E-state index in [4.69, 9.17) is 27.4 Å². The molecule has 0 aliphatic heterocycles. The summed E-state index contributed by atoms with van der Waals surface area (Å²) in [4.78, 5) is 14.9. The van der Waals surface area contributed by atoms with Gasteiger partial charge in [0.25, 0.3) is 0 Å². The second-order valence-corrected chi connectivity index (χ2v) is 6.03. The molecule has 1 amide bonds. The number of nitrogens with two attached hydrogens (primary N) is 1. The minimum absolute atomic E-state index is 0.0521. The average molecular weight is 302 g/mol. The first kappa shape index (κ1) is 17.3. The lowest BCUT2D eigenvalue weighted by Crippen LogP contribution is -2.57. The van der Waals surface area contributed by atoms with Gasteiger partial charge in [0, 0.05) is 33.9 Å². The second-order valence-electron chi connectivity index (χ2n) is 5.59. The molecular weight excluding hydrogens is 276 g/mol. The van der Waals surface area contributed by atoms with Gasteiger partial charge in [-0.05, 0) is 25.2 Å². The Kier molecular flexibility index (Phi) is 6.85. The maximum Gasteiger partial charge on any atom is 0.235 e. The first-order valence-corrected chi connectivity index (χ1v) is 7.46. The maximum atomic E-state index is 12.8. The van der Waals surface area contributed by atoms with Crippen LogP contribution in [0.25, 0.3) is 0 Å². The Morgan fingerprint density at radius 1 is 1.30 bits per heavy atom. The van der Waals surface area contributed by atoms with Crippen LogP contribution < -0.4 is 5.73 Å². The normalized spacial score (nSPS) is 25.1. The van der Waals surface area contributed by atoms with Crippen molar-refractivity contribution in [3.05, 3.63) is 0 Å². The Morgan fingerprint density at radius 2 is 1.90 bits per heavy atom. The van der Waals surface area contributed by atoms with Crippen LogP contribution in [-0.4, -0.2) is 56.3 Å². The number of carbonyl (C=O) groups is 1. The van der Waals surface area contributed by atoms with Crippen LogP contribution in [0.3, 0.4) is 0 Å². The van der Waals surface area contributed by atoms with Crippen molar-refractivity contribution >= 4 is 23.1 Å². The first-order valence-electron chi connectivity index (χ1n) is 7.05. The summed E-state index contributed by atoms with van der Waals surface area (Å²) in [5, 5.41) is 0. The molecule has 2 N–H and O–H groups in total. The number of carbonyl (C=O) groups excluding carboxylic acids is 1. The van der Waals surface area contributed by atoms with E-state index in [-0.39, 0.29) is 5.91 Å². The fourth-order valence-corrected chi connectivity index (χ4v) is 3.08. The van der Waals surface area contributed by atoms with Gasteiger partial charge in [0.2, 0.25) is 5.91 Å². The fourth-order valence-electron chi connectivity index (χ4n) is 2.83. The molecule has 5 nitrogen and oxygen atoms in total. The number of amides is 1. The summed E-state index contributed by atoms with van der Waals surface area (Å²) >= 11 is 5.15. The van der Waals surface area contributed by atoms with E-state index < -0.39 is 5.41 Å². The molecule has 0 aromatic carbocycles. The number of nitrogens with zero attached hydrogens (tertiary/aromatic N) is 1. The molecule has 0 heterocycles. The quantitative estimate of drug-likeness (QED) is 0.512. The third-order valence-electron chi connectivity index (χ3n) is 3.90. The van der Waals surface area contributed by atoms with Crippen LogP contribution in [0.1, 0.15) is 26.2 Å². The monoisotopic (exact) mass is 302 g/mol. The highest BCUT2D eigenvalue weighted by Crippen LogP contribution is 2.47. The number of thiocarbonyl (C=S) groups is 1. The van der Waals surface area contributed by atoms with Crippen molar-refractivity contribution in [1.82, 2.24) is 4.90 Å². The predicted molar refractivity (Wildman–Crippen MR) is 82.6 cm³/mol. The predicted octanol–water partition coefficient (Wildman–Crippen LogP) is 1.20. The maximum absolute atomic E-state index is 12.8. The van der Waals surface area contributed by atoms with Crippen molar-refractivity contribution in [2.75, 3.05) is 40.5 Å². The van der Waals surface area contributed by atoms with Gasteiger partial charge in [-0.15, -0.1) is 0 Å². The van der Waals surface area contributed by atoms with Crippen LogP contribution in [0.4, 0.5) is 0 Å². The zero-order chi connectivity index (χ0) is 15.2. The molecular formula is C14H26N2O3S. The van der Waals surface area contributed by atoms with E-state index in [2.05, 4.69) is 6.92 Å². The topological polar surface area (TPSA) is 64.8 Å². The van der Waals surface area contributed by atoms with Crippen LogP contribution in [-0.2, 0) is 14.3 Å². The van der Waals surface area contributed by atoms with Crippen molar-refractivity contribution in [1.29, 1.82) is 0 Å². The third-order valence-corrected chi connectivity index (χ3v) is 4.29. The van der Waals surface area contributed by atoms with Crippen molar-refractivity contribution < 1.29 is 14.3 Å². The molecule has 0 atom stereocenters. The summed E-state index contributed by atoms with van der Waals surface area (Å²) in [5.74, 6) is 0.556. The van der Waals surface area contributed by atoms with Crippen LogP contribution in [0, 0.1) is 11.3 Å². The van der Waals surface area contributed by atoms with Gasteiger partial charge in [-0.3, -0.25) is 4.79 Å². The Hall–Kier alpha value is -0.720. The second kappa shape index (κ2) is 7.90. The molecule has 20 heavy (non-hydrogen) atoms. The zero-order valence-corrected chi connectivity index (χ0v) is 13.5. The van der Waals surface area contributed by atoms with Gasteiger partial charge in [-0.2, -0.15) is 0 Å². The third kappa shape index (κ3) is 3.90. The number of hydrogen-bond donors (Lipinski definition) is 1. The van der Waals surface area contributed by atoms with E-state index in [1.165, 1.54) is 0 Å². The minimum atomic E-state index is -0.629. The highest BCUT2D eigenvalue weighted by molar-refractivity contribution is 7.80. The molecule has 0 spiro atoms. The van der Waals surface area contributed by atoms with Gasteiger partial charge in [0.1, 0.15) is 0 Å². The lowest BCUT2D eigenvalue weighted by molar-refractivity contribution is -0.145. The fraction of sp³-hybridized carbons (Fsp3) is 0.857. The smallest absolute Gasteiger partial charge is 0.235 e. The van der Waals surface area contributed by atoms with E-state index in [0.29, 0.717) is 37.2 Å². The summed E-state index contributed by atoms with van der Waals surface area (Å²) in [7, 11) is 3.29. The van der Waals surface area contributed by atoms with Gasteiger partial charge in [-0.25, -0.2) is 0 Å². The molecule has 0 radical (unpaired) electrons. The lowest BCUT2D eigenvalue weighted by Gasteiger charge is -2.46. The van der Waals surface area contributed by atoms with Crippen LogP contribution >= 0.6 is 12.2 Å². The van der Waals surface area contributed by atoms with Crippen LogP contribution in [0.2, 0.25) is 0 Å². The van der Waals surface area contributed by atoms with Gasteiger partial charge >= 0.3 is 0 Å². The SMILES string of the molecule is COCCCN(CCOC)C(=O)C1(C(N)=S)CC(C)C1. The molecule has 1 rings (SSSR count). The van der Waals surface area contributed by atoms with E-state index >= 15 is 0 Å². The Labute approximate surface area is 126 Å². The van der Waals surface area contributed by atoms with Crippen molar-refractivity contribution in [2.45, 2.75) is 26.2 Å². The van der Waals surface area contributed by atoms with Crippen LogP contribution in [0.5, 0.6) is 0 Å². The molecule has 0 bridgehead atoms. The highest BCUT2D eigenvalue weighted by Gasteiger charge is 2.52. The molecule has 1 fully saturated rings. The van der Waals surface area contributed by atoms with E-state index in [1.807, 2.05) is 4.90 Å². The Bertz CT molecular complexity index is 343. The molecule has 0 aromatic rings. The molecule has 116 valence electrons. The Morgan fingerprint density at radius 3 is 2.35 bits per heavy atom.